The van der Waals surface area contributed by atoms with Crippen LogP contribution in [-0.4, -0.2) is 46.6 Å². The number of benzene rings is 1. The van der Waals surface area contributed by atoms with Gasteiger partial charge in [0, 0.05) is 18.7 Å². The van der Waals surface area contributed by atoms with Crippen molar-refractivity contribution in [3.05, 3.63) is 29.8 Å². The predicted molar refractivity (Wildman–Crippen MR) is 69.8 cm³/mol. The van der Waals surface area contributed by atoms with Gasteiger partial charge in [-0.25, -0.2) is 8.42 Å². The summed E-state index contributed by atoms with van der Waals surface area (Å²) in [5.41, 5.74) is 0.751. The third kappa shape index (κ3) is 2.41. The maximum absolute atomic E-state index is 12.5. The number of nitrogens with one attached hydrogen (secondary N) is 1. The summed E-state index contributed by atoms with van der Waals surface area (Å²) in [6.45, 7) is 2.64. The second-order valence-corrected chi connectivity index (χ2v) is 7.00. The van der Waals surface area contributed by atoms with Crippen molar-refractivity contribution >= 4 is 9.84 Å². The minimum Gasteiger partial charge on any atom is -0.379 e. The molecule has 0 radical (unpaired) electrons. The summed E-state index contributed by atoms with van der Waals surface area (Å²) >= 11 is 0. The number of hydrogen-bond acceptors (Lipinski definition) is 5. The van der Waals surface area contributed by atoms with E-state index in [4.69, 9.17) is 9.47 Å². The zero-order valence-electron chi connectivity index (χ0n) is 10.5. The third-order valence-corrected chi connectivity index (χ3v) is 5.68. The van der Waals surface area contributed by atoms with Gasteiger partial charge in [-0.2, -0.15) is 0 Å². The van der Waals surface area contributed by atoms with Crippen molar-refractivity contribution < 1.29 is 17.9 Å². The molecule has 3 rings (SSSR count). The van der Waals surface area contributed by atoms with Gasteiger partial charge >= 0.3 is 0 Å². The molecular formula is C13H17NO4S. The molecule has 104 valence electrons. The first-order valence-corrected chi connectivity index (χ1v) is 7.97. The lowest BCUT2D eigenvalue weighted by Gasteiger charge is -2.29. The van der Waals surface area contributed by atoms with Crippen molar-refractivity contribution in [3.63, 3.8) is 0 Å². The summed E-state index contributed by atoms with van der Waals surface area (Å²) in [6, 6.07) is 7.11. The van der Waals surface area contributed by atoms with Gasteiger partial charge in [-0.05, 0) is 6.07 Å². The predicted octanol–water partition coefficient (Wildman–Crippen LogP) is 0.520. The van der Waals surface area contributed by atoms with Crippen LogP contribution in [0.5, 0.6) is 0 Å². The van der Waals surface area contributed by atoms with Gasteiger partial charge in [0.25, 0.3) is 0 Å². The van der Waals surface area contributed by atoms with E-state index >= 15 is 0 Å². The normalized spacial score (nSPS) is 24.9. The third-order valence-electron chi connectivity index (χ3n) is 3.55. The lowest BCUT2D eigenvalue weighted by molar-refractivity contribution is 0.0255. The monoisotopic (exact) mass is 283 g/mol. The van der Waals surface area contributed by atoms with Crippen LogP contribution >= 0.6 is 0 Å². The molecule has 1 atom stereocenters. The average molecular weight is 283 g/mol. The van der Waals surface area contributed by atoms with E-state index in [-0.39, 0.29) is 6.10 Å². The van der Waals surface area contributed by atoms with E-state index in [0.29, 0.717) is 31.3 Å². The van der Waals surface area contributed by atoms with Crippen molar-refractivity contribution in [1.82, 2.24) is 5.32 Å². The van der Waals surface area contributed by atoms with E-state index in [0.717, 1.165) is 12.1 Å². The standard InChI is InChI=1S/C13H17NO4S/c15-19(16,10-8-17-9-10)13-4-2-1-3-11(13)12-7-14-5-6-18-12/h1-4,10,12,14H,5-9H2. The molecule has 2 fully saturated rings. The summed E-state index contributed by atoms with van der Waals surface area (Å²) in [6.07, 6.45) is -0.194. The van der Waals surface area contributed by atoms with E-state index in [1.54, 1.807) is 12.1 Å². The van der Waals surface area contributed by atoms with Crippen molar-refractivity contribution in [2.75, 3.05) is 32.9 Å². The molecule has 0 amide bonds. The molecule has 0 saturated carbocycles. The Hall–Kier alpha value is -0.950. The first kappa shape index (κ1) is 13.1. The van der Waals surface area contributed by atoms with Crippen LogP contribution < -0.4 is 5.32 Å². The minimum atomic E-state index is -3.32. The number of sulfone groups is 1. The molecule has 1 aromatic carbocycles. The molecule has 19 heavy (non-hydrogen) atoms. The molecule has 2 heterocycles. The number of morpholine rings is 1. The van der Waals surface area contributed by atoms with Crippen LogP contribution in [0.15, 0.2) is 29.2 Å². The second kappa shape index (κ2) is 5.20. The Bertz CT molecular complexity index is 548. The fraction of sp³-hybridized carbons (Fsp3) is 0.538. The number of ether oxygens (including phenoxy) is 2. The molecule has 0 spiro atoms. The second-order valence-electron chi connectivity index (χ2n) is 4.81. The van der Waals surface area contributed by atoms with Gasteiger partial charge in [-0.3, -0.25) is 0 Å². The molecule has 2 saturated heterocycles. The summed E-state index contributed by atoms with van der Waals surface area (Å²) in [5.74, 6) is 0. The topological polar surface area (TPSA) is 64.6 Å². The van der Waals surface area contributed by atoms with E-state index in [2.05, 4.69) is 5.32 Å². The Labute approximate surface area is 112 Å². The minimum absolute atomic E-state index is 0.194. The highest BCUT2D eigenvalue weighted by atomic mass is 32.2. The van der Waals surface area contributed by atoms with Crippen molar-refractivity contribution in [1.29, 1.82) is 0 Å². The van der Waals surface area contributed by atoms with Gasteiger partial charge in [0.15, 0.2) is 9.84 Å². The Morgan fingerprint density at radius 2 is 2.00 bits per heavy atom. The van der Waals surface area contributed by atoms with Gasteiger partial charge in [0.1, 0.15) is 5.25 Å². The molecule has 0 bridgehead atoms. The Kier molecular flexibility index (Phi) is 3.58. The fourth-order valence-corrected chi connectivity index (χ4v) is 4.05. The van der Waals surface area contributed by atoms with Crippen LogP contribution in [-0.2, 0) is 19.3 Å². The molecule has 5 nitrogen and oxygen atoms in total. The lowest BCUT2D eigenvalue weighted by atomic mass is 10.1. The van der Waals surface area contributed by atoms with E-state index in [1.807, 2.05) is 12.1 Å². The number of rotatable bonds is 3. The summed E-state index contributed by atoms with van der Waals surface area (Å²) < 4.78 is 35.7. The highest BCUT2D eigenvalue weighted by Gasteiger charge is 2.36. The zero-order chi connectivity index (χ0) is 13.3. The summed E-state index contributed by atoms with van der Waals surface area (Å²) in [7, 11) is -3.32. The lowest BCUT2D eigenvalue weighted by Crippen LogP contribution is -2.41. The summed E-state index contributed by atoms with van der Waals surface area (Å²) in [4.78, 5) is 0.386. The maximum atomic E-state index is 12.5. The average Bonchev–Trinajstić information content (AvgIpc) is 2.37. The molecule has 1 unspecified atom stereocenters. The van der Waals surface area contributed by atoms with E-state index in [9.17, 15) is 8.42 Å². The van der Waals surface area contributed by atoms with Gasteiger partial charge in [-0.15, -0.1) is 0 Å². The fourth-order valence-electron chi connectivity index (χ4n) is 2.34. The maximum Gasteiger partial charge on any atom is 0.186 e. The molecule has 0 aromatic heterocycles. The molecule has 1 N–H and O–H groups in total. The smallest absolute Gasteiger partial charge is 0.186 e. The van der Waals surface area contributed by atoms with Crippen molar-refractivity contribution in [3.8, 4) is 0 Å². The van der Waals surface area contributed by atoms with Crippen LogP contribution in [0.4, 0.5) is 0 Å². The van der Waals surface area contributed by atoms with Crippen LogP contribution in [0, 0.1) is 0 Å². The van der Waals surface area contributed by atoms with Crippen LogP contribution in [0.2, 0.25) is 0 Å². The molecule has 1 aromatic rings. The highest BCUT2D eigenvalue weighted by Crippen LogP contribution is 2.30. The van der Waals surface area contributed by atoms with E-state index < -0.39 is 15.1 Å². The Morgan fingerprint density at radius 3 is 2.63 bits per heavy atom. The van der Waals surface area contributed by atoms with Gasteiger partial charge in [0.2, 0.25) is 0 Å². The van der Waals surface area contributed by atoms with Crippen molar-refractivity contribution in [2.45, 2.75) is 16.2 Å². The molecule has 0 aliphatic carbocycles. The van der Waals surface area contributed by atoms with Gasteiger partial charge in [0.05, 0.1) is 30.8 Å². The molecule has 6 heteroatoms. The van der Waals surface area contributed by atoms with Crippen LogP contribution in [0.25, 0.3) is 0 Å². The van der Waals surface area contributed by atoms with E-state index in [1.165, 1.54) is 0 Å². The zero-order valence-corrected chi connectivity index (χ0v) is 11.4. The quantitative estimate of drug-likeness (QED) is 0.876. The Morgan fingerprint density at radius 1 is 1.21 bits per heavy atom. The number of hydrogen-bond donors (Lipinski definition) is 1. The van der Waals surface area contributed by atoms with Gasteiger partial charge in [-0.1, -0.05) is 18.2 Å². The first-order chi connectivity index (χ1) is 9.19. The largest absolute Gasteiger partial charge is 0.379 e. The Balaban J connectivity index is 1.96. The van der Waals surface area contributed by atoms with Crippen LogP contribution in [0.3, 0.4) is 0 Å². The molecule has 2 aliphatic rings. The summed E-state index contributed by atoms with van der Waals surface area (Å²) in [5, 5.41) is 2.81. The first-order valence-electron chi connectivity index (χ1n) is 6.42. The molecule has 2 aliphatic heterocycles. The SMILES string of the molecule is O=S(=O)(c1ccccc1C1CNCCO1)C1COC1. The van der Waals surface area contributed by atoms with Crippen LogP contribution in [0.1, 0.15) is 11.7 Å². The molecular weight excluding hydrogens is 266 g/mol. The van der Waals surface area contributed by atoms with Crippen molar-refractivity contribution in [2.24, 2.45) is 0 Å². The highest BCUT2D eigenvalue weighted by molar-refractivity contribution is 7.92. The van der Waals surface area contributed by atoms with Gasteiger partial charge < -0.3 is 14.8 Å².